The van der Waals surface area contributed by atoms with Crippen molar-refractivity contribution in [1.29, 1.82) is 5.26 Å². The summed E-state index contributed by atoms with van der Waals surface area (Å²) in [6, 6.07) is 46.2. The fourth-order valence-corrected chi connectivity index (χ4v) is 5.91. The van der Waals surface area contributed by atoms with Crippen LogP contribution in [-0.4, -0.2) is 9.97 Å². The molecule has 0 spiro atoms. The Bertz CT molecular complexity index is 1910. The number of aromatic nitrogens is 2. The van der Waals surface area contributed by atoms with Crippen LogP contribution < -0.4 is 0 Å². The lowest BCUT2D eigenvalue weighted by Crippen LogP contribution is -2.15. The molecule has 3 heteroatoms. The maximum absolute atomic E-state index is 9.47. The molecule has 0 aliphatic heterocycles. The van der Waals surface area contributed by atoms with Crippen molar-refractivity contribution in [3.63, 3.8) is 0 Å². The van der Waals surface area contributed by atoms with Gasteiger partial charge in [-0.25, -0.2) is 9.97 Å². The van der Waals surface area contributed by atoms with Crippen molar-refractivity contribution in [2.45, 2.75) is 19.3 Å². The molecule has 1 aromatic heterocycles. The number of rotatable bonds is 4. The molecule has 1 heterocycles. The fraction of sp³-hybridized carbons (Fsp3) is 0.0789. The van der Waals surface area contributed by atoms with Gasteiger partial charge in [0.1, 0.15) is 0 Å². The van der Waals surface area contributed by atoms with Gasteiger partial charge in [0.05, 0.1) is 23.0 Å². The highest BCUT2D eigenvalue weighted by Gasteiger charge is 2.35. The van der Waals surface area contributed by atoms with Gasteiger partial charge in [0.2, 0.25) is 0 Å². The van der Waals surface area contributed by atoms with Crippen LogP contribution in [0.2, 0.25) is 0 Å². The molecule has 0 saturated carbocycles. The Morgan fingerprint density at radius 3 is 1.78 bits per heavy atom. The molecule has 1 aliphatic carbocycles. The molecule has 3 nitrogen and oxygen atoms in total. The van der Waals surface area contributed by atoms with Crippen molar-refractivity contribution >= 4 is 0 Å². The van der Waals surface area contributed by atoms with E-state index in [1.165, 1.54) is 22.3 Å². The van der Waals surface area contributed by atoms with Crippen molar-refractivity contribution < 1.29 is 0 Å². The monoisotopic (exact) mass is 525 g/mol. The van der Waals surface area contributed by atoms with Crippen LogP contribution in [0, 0.1) is 11.3 Å². The predicted molar refractivity (Wildman–Crippen MR) is 166 cm³/mol. The maximum atomic E-state index is 9.47. The molecule has 0 N–H and O–H groups in total. The smallest absolute Gasteiger partial charge is 0.160 e. The van der Waals surface area contributed by atoms with Crippen LogP contribution >= 0.6 is 0 Å². The molecule has 41 heavy (non-hydrogen) atoms. The SMILES string of the molecule is CC1(C)c2cc(C#N)ccc2-c2ccc(-c3cccc(-c4cc(-c5ccccc5)nc(-c5ccccc5)n4)c3)cc21. The molecule has 6 aromatic rings. The maximum Gasteiger partial charge on any atom is 0.160 e. The summed E-state index contributed by atoms with van der Waals surface area (Å²) in [4.78, 5) is 9.96. The third-order valence-electron chi connectivity index (χ3n) is 8.12. The molecule has 0 amide bonds. The average molecular weight is 526 g/mol. The summed E-state index contributed by atoms with van der Waals surface area (Å²) in [7, 11) is 0. The minimum atomic E-state index is -0.188. The third kappa shape index (κ3) is 4.31. The molecule has 194 valence electrons. The summed E-state index contributed by atoms with van der Waals surface area (Å²) in [5.41, 5.74) is 12.6. The number of nitriles is 1. The molecular weight excluding hydrogens is 498 g/mol. The number of hydrogen-bond acceptors (Lipinski definition) is 3. The second-order valence-corrected chi connectivity index (χ2v) is 11.0. The first kappa shape index (κ1) is 24.7. The summed E-state index contributed by atoms with van der Waals surface area (Å²) in [5.74, 6) is 0.709. The van der Waals surface area contributed by atoms with Crippen LogP contribution in [-0.2, 0) is 5.41 Å². The Hall–Kier alpha value is -5.33. The van der Waals surface area contributed by atoms with Crippen LogP contribution in [0.15, 0.2) is 127 Å². The molecule has 5 aromatic carbocycles. The Morgan fingerprint density at radius 1 is 0.512 bits per heavy atom. The van der Waals surface area contributed by atoms with E-state index in [-0.39, 0.29) is 5.41 Å². The number of hydrogen-bond donors (Lipinski definition) is 0. The Labute approximate surface area is 240 Å². The standard InChI is InChI=1S/C38H27N3/c1-38(2)33-20-25(24-39)16-18-31(33)32-19-17-29(22-34(32)38)28-14-9-15-30(21-28)36-23-35(26-10-5-3-6-11-26)40-37(41-36)27-12-7-4-8-13-27/h3-23H,1-2H3. The quantitative estimate of drug-likeness (QED) is 0.230. The number of nitrogens with zero attached hydrogens (tertiary/aromatic N) is 3. The molecule has 1 aliphatic rings. The highest BCUT2D eigenvalue weighted by molar-refractivity contribution is 5.85. The van der Waals surface area contributed by atoms with Gasteiger partial charge < -0.3 is 0 Å². The van der Waals surface area contributed by atoms with Gasteiger partial charge in [0, 0.05) is 22.1 Å². The van der Waals surface area contributed by atoms with E-state index in [0.29, 0.717) is 11.4 Å². The minimum absolute atomic E-state index is 0.188. The summed E-state index contributed by atoms with van der Waals surface area (Å²) in [6.45, 7) is 4.49. The van der Waals surface area contributed by atoms with Gasteiger partial charge in [-0.3, -0.25) is 0 Å². The molecule has 0 atom stereocenters. The second kappa shape index (κ2) is 9.70. The van der Waals surface area contributed by atoms with E-state index < -0.39 is 0 Å². The van der Waals surface area contributed by atoms with E-state index in [4.69, 9.17) is 9.97 Å². The van der Waals surface area contributed by atoms with Gasteiger partial charge in [-0.1, -0.05) is 111 Å². The lowest BCUT2D eigenvalue weighted by Gasteiger charge is -2.22. The largest absolute Gasteiger partial charge is 0.228 e. The van der Waals surface area contributed by atoms with Crippen LogP contribution in [0.1, 0.15) is 30.5 Å². The summed E-state index contributed by atoms with van der Waals surface area (Å²) < 4.78 is 0. The van der Waals surface area contributed by atoms with E-state index in [2.05, 4.69) is 86.6 Å². The van der Waals surface area contributed by atoms with Gasteiger partial charge in [-0.05, 0) is 63.7 Å². The lowest BCUT2D eigenvalue weighted by molar-refractivity contribution is 0.660. The van der Waals surface area contributed by atoms with E-state index in [1.54, 1.807) is 0 Å². The molecule has 0 fully saturated rings. The van der Waals surface area contributed by atoms with Gasteiger partial charge in [-0.15, -0.1) is 0 Å². The zero-order valence-electron chi connectivity index (χ0n) is 23.0. The highest BCUT2D eigenvalue weighted by atomic mass is 14.9. The molecular formula is C38H27N3. The van der Waals surface area contributed by atoms with E-state index in [9.17, 15) is 5.26 Å². The summed E-state index contributed by atoms with van der Waals surface area (Å²) in [6.07, 6.45) is 0. The van der Waals surface area contributed by atoms with Gasteiger partial charge >= 0.3 is 0 Å². The third-order valence-corrected chi connectivity index (χ3v) is 8.12. The van der Waals surface area contributed by atoms with E-state index in [1.807, 2.05) is 60.7 Å². The van der Waals surface area contributed by atoms with Crippen molar-refractivity contribution in [2.24, 2.45) is 0 Å². The van der Waals surface area contributed by atoms with Crippen LogP contribution in [0.5, 0.6) is 0 Å². The van der Waals surface area contributed by atoms with Crippen LogP contribution in [0.25, 0.3) is 56.2 Å². The lowest BCUT2D eigenvalue weighted by atomic mass is 9.81. The van der Waals surface area contributed by atoms with Crippen molar-refractivity contribution in [1.82, 2.24) is 9.97 Å². The number of fused-ring (bicyclic) bond motifs is 3. The van der Waals surface area contributed by atoms with Crippen molar-refractivity contribution in [3.05, 3.63) is 144 Å². The first-order valence-electron chi connectivity index (χ1n) is 13.8. The Kier molecular flexibility index (Phi) is 5.84. The second-order valence-electron chi connectivity index (χ2n) is 11.0. The van der Waals surface area contributed by atoms with Crippen molar-refractivity contribution in [2.75, 3.05) is 0 Å². The summed E-state index contributed by atoms with van der Waals surface area (Å²) >= 11 is 0. The normalized spacial score (nSPS) is 12.8. The highest BCUT2D eigenvalue weighted by Crippen LogP contribution is 2.50. The van der Waals surface area contributed by atoms with Crippen molar-refractivity contribution in [3.8, 4) is 62.2 Å². The van der Waals surface area contributed by atoms with Crippen LogP contribution in [0.3, 0.4) is 0 Å². The molecule has 0 radical (unpaired) electrons. The molecule has 0 unspecified atom stereocenters. The minimum Gasteiger partial charge on any atom is -0.228 e. The van der Waals surface area contributed by atoms with E-state index >= 15 is 0 Å². The first-order valence-corrected chi connectivity index (χ1v) is 13.8. The zero-order chi connectivity index (χ0) is 28.0. The fourth-order valence-electron chi connectivity index (χ4n) is 5.91. The summed E-state index contributed by atoms with van der Waals surface area (Å²) in [5, 5.41) is 9.47. The van der Waals surface area contributed by atoms with Gasteiger partial charge in [-0.2, -0.15) is 5.26 Å². The first-order chi connectivity index (χ1) is 20.0. The molecule has 0 saturated heterocycles. The average Bonchev–Trinajstić information content (AvgIpc) is 3.27. The van der Waals surface area contributed by atoms with Crippen LogP contribution in [0.4, 0.5) is 0 Å². The number of benzene rings is 5. The Balaban J connectivity index is 1.33. The van der Waals surface area contributed by atoms with Gasteiger partial charge in [0.25, 0.3) is 0 Å². The van der Waals surface area contributed by atoms with Gasteiger partial charge in [0.15, 0.2) is 5.82 Å². The zero-order valence-corrected chi connectivity index (χ0v) is 23.0. The van der Waals surface area contributed by atoms with E-state index in [0.717, 1.165) is 39.2 Å². The predicted octanol–water partition coefficient (Wildman–Crippen LogP) is 9.32. The molecule has 0 bridgehead atoms. The topological polar surface area (TPSA) is 49.6 Å². The Morgan fingerprint density at radius 2 is 1.07 bits per heavy atom. The molecule has 7 rings (SSSR count).